The summed E-state index contributed by atoms with van der Waals surface area (Å²) >= 11 is 0. The molecule has 1 saturated heterocycles. The Morgan fingerprint density at radius 1 is 1.37 bits per heavy atom. The van der Waals surface area contributed by atoms with Gasteiger partial charge in [0.25, 0.3) is 0 Å². The normalized spacial score (nSPS) is 20.8. The molecule has 2 nitrogen and oxygen atoms in total. The average Bonchev–Trinajstić information content (AvgIpc) is 2.89. The van der Waals surface area contributed by atoms with E-state index < -0.39 is 0 Å². The molecule has 2 rings (SSSR count). The monoisotopic (exact) mass is 260 g/mol. The summed E-state index contributed by atoms with van der Waals surface area (Å²) in [6.07, 6.45) is 5.98. The summed E-state index contributed by atoms with van der Waals surface area (Å²) < 4.78 is 0. The van der Waals surface area contributed by atoms with Gasteiger partial charge in [0.15, 0.2) is 0 Å². The SMILES string of the molecule is CCC(N)Cc1ccc(N2CCCC2CC)cc1C. The molecular formula is C17H28N2. The molecule has 1 aliphatic heterocycles. The second kappa shape index (κ2) is 6.42. The van der Waals surface area contributed by atoms with Crippen LogP contribution in [0.3, 0.4) is 0 Å². The van der Waals surface area contributed by atoms with Gasteiger partial charge in [-0.25, -0.2) is 0 Å². The quantitative estimate of drug-likeness (QED) is 0.875. The van der Waals surface area contributed by atoms with Gasteiger partial charge in [-0.15, -0.1) is 0 Å². The Kier molecular flexibility index (Phi) is 4.87. The topological polar surface area (TPSA) is 29.3 Å². The molecule has 0 spiro atoms. The van der Waals surface area contributed by atoms with Crippen molar-refractivity contribution >= 4 is 5.69 Å². The Hall–Kier alpha value is -1.02. The zero-order valence-electron chi connectivity index (χ0n) is 12.7. The van der Waals surface area contributed by atoms with E-state index in [-0.39, 0.29) is 0 Å². The Morgan fingerprint density at radius 2 is 2.16 bits per heavy atom. The largest absolute Gasteiger partial charge is 0.369 e. The number of rotatable bonds is 5. The number of anilines is 1. The van der Waals surface area contributed by atoms with Crippen molar-refractivity contribution in [2.75, 3.05) is 11.4 Å². The van der Waals surface area contributed by atoms with E-state index in [1.165, 1.54) is 42.6 Å². The molecule has 0 radical (unpaired) electrons. The van der Waals surface area contributed by atoms with Crippen LogP contribution in [0.25, 0.3) is 0 Å². The van der Waals surface area contributed by atoms with Gasteiger partial charge in [0.2, 0.25) is 0 Å². The smallest absolute Gasteiger partial charge is 0.0371 e. The third-order valence-corrected chi connectivity index (χ3v) is 4.51. The molecule has 2 heteroatoms. The fourth-order valence-electron chi connectivity index (χ4n) is 3.11. The predicted molar refractivity (Wildman–Crippen MR) is 83.8 cm³/mol. The highest BCUT2D eigenvalue weighted by Crippen LogP contribution is 2.29. The van der Waals surface area contributed by atoms with E-state index in [2.05, 4.69) is 43.9 Å². The molecule has 106 valence electrons. The Morgan fingerprint density at radius 3 is 2.79 bits per heavy atom. The number of hydrogen-bond donors (Lipinski definition) is 1. The molecule has 1 fully saturated rings. The van der Waals surface area contributed by atoms with Crippen molar-refractivity contribution in [3.05, 3.63) is 29.3 Å². The summed E-state index contributed by atoms with van der Waals surface area (Å²) in [5.41, 5.74) is 10.3. The molecule has 1 heterocycles. The van der Waals surface area contributed by atoms with Crippen LogP contribution in [-0.2, 0) is 6.42 Å². The van der Waals surface area contributed by atoms with E-state index in [0.29, 0.717) is 6.04 Å². The van der Waals surface area contributed by atoms with E-state index in [4.69, 9.17) is 5.73 Å². The molecule has 0 aromatic heterocycles. The zero-order valence-corrected chi connectivity index (χ0v) is 12.7. The summed E-state index contributed by atoms with van der Waals surface area (Å²) in [4.78, 5) is 2.58. The van der Waals surface area contributed by atoms with Gasteiger partial charge in [-0.3, -0.25) is 0 Å². The van der Waals surface area contributed by atoms with E-state index in [9.17, 15) is 0 Å². The maximum absolute atomic E-state index is 6.07. The van der Waals surface area contributed by atoms with Crippen LogP contribution >= 0.6 is 0 Å². The molecule has 1 aromatic carbocycles. The van der Waals surface area contributed by atoms with Crippen molar-refractivity contribution in [2.24, 2.45) is 5.73 Å². The fraction of sp³-hybridized carbons (Fsp3) is 0.647. The number of benzene rings is 1. The molecule has 0 aliphatic carbocycles. The zero-order chi connectivity index (χ0) is 13.8. The van der Waals surface area contributed by atoms with Gasteiger partial charge in [0.05, 0.1) is 0 Å². The van der Waals surface area contributed by atoms with Crippen molar-refractivity contribution in [3.63, 3.8) is 0 Å². The van der Waals surface area contributed by atoms with Crippen LogP contribution < -0.4 is 10.6 Å². The van der Waals surface area contributed by atoms with Gasteiger partial charge in [-0.1, -0.05) is 19.9 Å². The highest BCUT2D eigenvalue weighted by atomic mass is 15.2. The third kappa shape index (κ3) is 3.30. The molecule has 1 aromatic rings. The minimum Gasteiger partial charge on any atom is -0.369 e. The van der Waals surface area contributed by atoms with E-state index in [0.717, 1.165) is 18.9 Å². The van der Waals surface area contributed by atoms with Crippen LogP contribution in [-0.4, -0.2) is 18.6 Å². The molecule has 0 saturated carbocycles. The Bertz CT molecular complexity index is 414. The summed E-state index contributed by atoms with van der Waals surface area (Å²) in [6.45, 7) is 7.89. The van der Waals surface area contributed by atoms with E-state index in [1.807, 2.05) is 0 Å². The van der Waals surface area contributed by atoms with E-state index in [1.54, 1.807) is 0 Å². The van der Waals surface area contributed by atoms with Crippen LogP contribution in [0.1, 0.15) is 50.7 Å². The minimum atomic E-state index is 0.291. The molecule has 2 N–H and O–H groups in total. The fourth-order valence-corrected chi connectivity index (χ4v) is 3.11. The third-order valence-electron chi connectivity index (χ3n) is 4.51. The van der Waals surface area contributed by atoms with Crippen molar-refractivity contribution < 1.29 is 0 Å². The van der Waals surface area contributed by atoms with Crippen LogP contribution in [0.5, 0.6) is 0 Å². The predicted octanol–water partition coefficient (Wildman–Crippen LogP) is 3.65. The van der Waals surface area contributed by atoms with E-state index >= 15 is 0 Å². The molecule has 19 heavy (non-hydrogen) atoms. The van der Waals surface area contributed by atoms with Gasteiger partial charge < -0.3 is 10.6 Å². The number of hydrogen-bond acceptors (Lipinski definition) is 2. The lowest BCUT2D eigenvalue weighted by atomic mass is 9.99. The summed E-state index contributed by atoms with van der Waals surface area (Å²) in [7, 11) is 0. The number of nitrogens with two attached hydrogens (primary N) is 1. The summed E-state index contributed by atoms with van der Waals surface area (Å²) in [6, 6.07) is 7.96. The average molecular weight is 260 g/mol. The van der Waals surface area contributed by atoms with Crippen LogP contribution in [0, 0.1) is 6.92 Å². The van der Waals surface area contributed by atoms with Crippen LogP contribution in [0.4, 0.5) is 5.69 Å². The first kappa shape index (κ1) is 14.4. The van der Waals surface area contributed by atoms with Crippen molar-refractivity contribution in [1.29, 1.82) is 0 Å². The van der Waals surface area contributed by atoms with Gasteiger partial charge in [0, 0.05) is 24.3 Å². The van der Waals surface area contributed by atoms with Crippen molar-refractivity contribution in [2.45, 2.75) is 65.0 Å². The lowest BCUT2D eigenvalue weighted by Gasteiger charge is -2.27. The highest BCUT2D eigenvalue weighted by molar-refractivity contribution is 5.52. The molecule has 2 atom stereocenters. The molecule has 1 aliphatic rings. The van der Waals surface area contributed by atoms with Gasteiger partial charge >= 0.3 is 0 Å². The van der Waals surface area contributed by atoms with Crippen LogP contribution in [0.15, 0.2) is 18.2 Å². The Labute approximate surface area is 118 Å². The first-order valence-corrected chi connectivity index (χ1v) is 7.77. The Balaban J connectivity index is 2.14. The number of nitrogens with zero attached hydrogens (tertiary/aromatic N) is 1. The number of aryl methyl sites for hydroxylation is 1. The second-order valence-corrected chi connectivity index (χ2v) is 5.88. The maximum Gasteiger partial charge on any atom is 0.0371 e. The van der Waals surface area contributed by atoms with Gasteiger partial charge in [-0.2, -0.15) is 0 Å². The van der Waals surface area contributed by atoms with Crippen LogP contribution in [0.2, 0.25) is 0 Å². The van der Waals surface area contributed by atoms with Gasteiger partial charge in [0.1, 0.15) is 0 Å². The highest BCUT2D eigenvalue weighted by Gasteiger charge is 2.23. The molecule has 0 amide bonds. The molecule has 2 unspecified atom stereocenters. The first-order valence-electron chi connectivity index (χ1n) is 7.77. The first-order chi connectivity index (χ1) is 9.15. The maximum atomic E-state index is 6.07. The second-order valence-electron chi connectivity index (χ2n) is 5.88. The van der Waals surface area contributed by atoms with Gasteiger partial charge in [-0.05, 0) is 62.3 Å². The lowest BCUT2D eigenvalue weighted by molar-refractivity contribution is 0.640. The van der Waals surface area contributed by atoms with Crippen molar-refractivity contribution in [1.82, 2.24) is 0 Å². The molecular weight excluding hydrogens is 232 g/mol. The summed E-state index contributed by atoms with van der Waals surface area (Å²) in [5, 5.41) is 0. The van der Waals surface area contributed by atoms with Crippen molar-refractivity contribution in [3.8, 4) is 0 Å². The minimum absolute atomic E-state index is 0.291. The summed E-state index contributed by atoms with van der Waals surface area (Å²) in [5.74, 6) is 0. The standard InChI is InChI=1S/C17H28N2/c1-4-15(18)12-14-8-9-17(11-13(14)3)19-10-6-7-16(19)5-2/h8-9,11,15-16H,4-7,10,12,18H2,1-3H3. The lowest BCUT2D eigenvalue weighted by Crippen LogP contribution is -2.28. The molecule has 0 bridgehead atoms.